The van der Waals surface area contributed by atoms with Gasteiger partial charge >= 0.3 is 0 Å². The van der Waals surface area contributed by atoms with Gasteiger partial charge in [0.1, 0.15) is 17.1 Å². The van der Waals surface area contributed by atoms with Gasteiger partial charge in [-0.05, 0) is 24.3 Å². The van der Waals surface area contributed by atoms with Crippen molar-refractivity contribution in [3.05, 3.63) is 66.1 Å². The second-order valence-corrected chi connectivity index (χ2v) is 4.55. The largest absolute Gasteiger partial charge is 0.455 e. The van der Waals surface area contributed by atoms with Crippen LogP contribution >= 0.6 is 11.6 Å². The van der Waals surface area contributed by atoms with Crippen molar-refractivity contribution >= 4 is 22.5 Å². The summed E-state index contributed by atoms with van der Waals surface area (Å²) in [5.41, 5.74) is 1.09. The van der Waals surface area contributed by atoms with Crippen LogP contribution in [0, 0.1) is 5.82 Å². The Morgan fingerprint density at radius 1 is 1.00 bits per heavy atom. The smallest absolute Gasteiger partial charge is 0.153 e. The molecule has 0 aliphatic heterocycles. The van der Waals surface area contributed by atoms with Gasteiger partial charge in [0.2, 0.25) is 0 Å². The van der Waals surface area contributed by atoms with Crippen LogP contribution in [-0.2, 0) is 5.88 Å². The summed E-state index contributed by atoms with van der Waals surface area (Å²) in [4.78, 5) is 4.30. The van der Waals surface area contributed by atoms with Gasteiger partial charge in [0.15, 0.2) is 5.75 Å². The predicted octanol–water partition coefficient (Wildman–Crippen LogP) is 4.91. The molecule has 4 heteroatoms. The molecule has 100 valence electrons. The third-order valence-corrected chi connectivity index (χ3v) is 3.29. The first-order valence-corrected chi connectivity index (χ1v) is 6.68. The minimum atomic E-state index is -0.370. The van der Waals surface area contributed by atoms with Crippen molar-refractivity contribution in [3.8, 4) is 11.5 Å². The molecule has 0 aliphatic carbocycles. The van der Waals surface area contributed by atoms with E-state index in [-0.39, 0.29) is 11.7 Å². The lowest BCUT2D eigenvalue weighted by Crippen LogP contribution is -1.94. The number of rotatable bonds is 3. The van der Waals surface area contributed by atoms with E-state index in [4.69, 9.17) is 16.3 Å². The molecule has 0 radical (unpaired) electrons. The molecule has 0 unspecified atom stereocenters. The first kappa shape index (κ1) is 12.9. The average Bonchev–Trinajstić information content (AvgIpc) is 2.48. The van der Waals surface area contributed by atoms with E-state index >= 15 is 0 Å². The monoisotopic (exact) mass is 287 g/mol. The van der Waals surface area contributed by atoms with Gasteiger partial charge in [-0.15, -0.1) is 11.6 Å². The Bertz CT molecular complexity index is 755. The molecule has 3 rings (SSSR count). The maximum absolute atomic E-state index is 13.7. The van der Waals surface area contributed by atoms with Gasteiger partial charge < -0.3 is 4.74 Å². The zero-order chi connectivity index (χ0) is 13.9. The summed E-state index contributed by atoms with van der Waals surface area (Å²) in [7, 11) is 0. The SMILES string of the molecule is Fc1cccc(Oc2cccc3cccnc23)c1CCl. The van der Waals surface area contributed by atoms with E-state index in [2.05, 4.69) is 4.98 Å². The molecular weight excluding hydrogens is 277 g/mol. The fourth-order valence-corrected chi connectivity index (χ4v) is 2.30. The highest BCUT2D eigenvalue weighted by molar-refractivity contribution is 6.17. The molecule has 3 aromatic rings. The van der Waals surface area contributed by atoms with Crippen molar-refractivity contribution < 1.29 is 9.13 Å². The molecule has 0 saturated carbocycles. The molecular formula is C16H11ClFNO. The van der Waals surface area contributed by atoms with Crippen LogP contribution in [0.2, 0.25) is 0 Å². The summed E-state index contributed by atoms with van der Waals surface area (Å²) in [5, 5.41) is 0.967. The molecule has 0 atom stereocenters. The molecule has 2 nitrogen and oxygen atoms in total. The third kappa shape index (κ3) is 2.32. The van der Waals surface area contributed by atoms with E-state index in [9.17, 15) is 4.39 Å². The van der Waals surface area contributed by atoms with E-state index in [1.165, 1.54) is 6.07 Å². The first-order valence-electron chi connectivity index (χ1n) is 6.14. The summed E-state index contributed by atoms with van der Waals surface area (Å²) >= 11 is 5.79. The van der Waals surface area contributed by atoms with Crippen molar-refractivity contribution in [1.29, 1.82) is 0 Å². The molecule has 0 N–H and O–H groups in total. The fourth-order valence-electron chi connectivity index (χ4n) is 2.04. The van der Waals surface area contributed by atoms with Gasteiger partial charge in [-0.2, -0.15) is 0 Å². The highest BCUT2D eigenvalue weighted by atomic mass is 35.5. The van der Waals surface area contributed by atoms with Crippen LogP contribution in [0.5, 0.6) is 11.5 Å². The van der Waals surface area contributed by atoms with Gasteiger partial charge in [0, 0.05) is 17.1 Å². The van der Waals surface area contributed by atoms with Crippen LogP contribution in [0.4, 0.5) is 4.39 Å². The van der Waals surface area contributed by atoms with Crippen LogP contribution < -0.4 is 4.74 Å². The number of nitrogens with zero attached hydrogens (tertiary/aromatic N) is 1. The molecule has 20 heavy (non-hydrogen) atoms. The number of ether oxygens (including phenoxy) is 1. The van der Waals surface area contributed by atoms with Gasteiger partial charge in [-0.3, -0.25) is 4.98 Å². The van der Waals surface area contributed by atoms with E-state index < -0.39 is 0 Å². The Morgan fingerprint density at radius 3 is 2.60 bits per heavy atom. The highest BCUT2D eigenvalue weighted by Crippen LogP contribution is 2.32. The van der Waals surface area contributed by atoms with Gasteiger partial charge in [0.05, 0.1) is 5.88 Å². The minimum absolute atomic E-state index is 0.0558. The zero-order valence-electron chi connectivity index (χ0n) is 10.5. The van der Waals surface area contributed by atoms with E-state index in [1.54, 1.807) is 24.4 Å². The topological polar surface area (TPSA) is 22.1 Å². The average molecular weight is 288 g/mol. The number of pyridine rings is 1. The van der Waals surface area contributed by atoms with Crippen LogP contribution in [0.15, 0.2) is 54.7 Å². The number of benzene rings is 2. The molecule has 0 fully saturated rings. The minimum Gasteiger partial charge on any atom is -0.455 e. The van der Waals surface area contributed by atoms with E-state index in [0.717, 1.165) is 10.9 Å². The van der Waals surface area contributed by atoms with Crippen molar-refractivity contribution in [2.75, 3.05) is 0 Å². The molecule has 0 amide bonds. The van der Waals surface area contributed by atoms with E-state index in [1.807, 2.05) is 24.3 Å². The Kier molecular flexibility index (Phi) is 3.52. The fraction of sp³-hybridized carbons (Fsp3) is 0.0625. The second kappa shape index (κ2) is 5.47. The summed E-state index contributed by atoms with van der Waals surface area (Å²) in [6.45, 7) is 0. The second-order valence-electron chi connectivity index (χ2n) is 4.28. The molecule has 1 aromatic heterocycles. The van der Waals surface area contributed by atoms with Crippen molar-refractivity contribution in [1.82, 2.24) is 4.98 Å². The van der Waals surface area contributed by atoms with Crippen molar-refractivity contribution in [2.45, 2.75) is 5.88 Å². The molecule has 0 saturated heterocycles. The lowest BCUT2D eigenvalue weighted by molar-refractivity contribution is 0.474. The summed E-state index contributed by atoms with van der Waals surface area (Å²) in [6, 6.07) is 14.1. The Hall–Kier alpha value is -2.13. The summed E-state index contributed by atoms with van der Waals surface area (Å²) in [5.74, 6) is 0.684. The number of para-hydroxylation sites is 1. The van der Waals surface area contributed by atoms with Gasteiger partial charge in [0.25, 0.3) is 0 Å². The Balaban J connectivity index is 2.08. The van der Waals surface area contributed by atoms with E-state index in [0.29, 0.717) is 17.1 Å². The lowest BCUT2D eigenvalue weighted by Gasteiger charge is -2.11. The van der Waals surface area contributed by atoms with Crippen molar-refractivity contribution in [2.24, 2.45) is 0 Å². The predicted molar refractivity (Wildman–Crippen MR) is 77.8 cm³/mol. The Morgan fingerprint density at radius 2 is 1.75 bits per heavy atom. The first-order chi connectivity index (χ1) is 9.79. The van der Waals surface area contributed by atoms with Crippen LogP contribution in [0.25, 0.3) is 10.9 Å². The number of halogens is 2. The molecule has 0 bridgehead atoms. The standard InChI is InChI=1S/C16H11ClFNO/c17-10-12-13(18)6-2-7-14(12)20-15-8-1-4-11-5-3-9-19-16(11)15/h1-9H,10H2. The normalized spacial score (nSPS) is 10.7. The molecule has 0 aliphatic rings. The quantitative estimate of drug-likeness (QED) is 0.639. The van der Waals surface area contributed by atoms with Crippen LogP contribution in [0.1, 0.15) is 5.56 Å². The summed E-state index contributed by atoms with van der Waals surface area (Å²) < 4.78 is 19.5. The van der Waals surface area contributed by atoms with Crippen LogP contribution in [-0.4, -0.2) is 4.98 Å². The molecule has 0 spiro atoms. The number of hydrogen-bond acceptors (Lipinski definition) is 2. The van der Waals surface area contributed by atoms with Gasteiger partial charge in [-0.1, -0.05) is 24.3 Å². The third-order valence-electron chi connectivity index (χ3n) is 3.03. The highest BCUT2D eigenvalue weighted by Gasteiger charge is 2.11. The zero-order valence-corrected chi connectivity index (χ0v) is 11.3. The molecule has 1 heterocycles. The van der Waals surface area contributed by atoms with Crippen LogP contribution in [0.3, 0.4) is 0 Å². The number of alkyl halides is 1. The van der Waals surface area contributed by atoms with Crippen molar-refractivity contribution in [3.63, 3.8) is 0 Å². The number of aromatic nitrogens is 1. The van der Waals surface area contributed by atoms with Gasteiger partial charge in [-0.25, -0.2) is 4.39 Å². The number of hydrogen-bond donors (Lipinski definition) is 0. The Labute approximate surface area is 120 Å². The maximum Gasteiger partial charge on any atom is 0.153 e. The lowest BCUT2D eigenvalue weighted by atomic mass is 10.2. The number of fused-ring (bicyclic) bond motifs is 1. The summed E-state index contributed by atoms with van der Waals surface area (Å²) in [6.07, 6.45) is 1.70. The molecule has 2 aromatic carbocycles. The maximum atomic E-state index is 13.7.